The molecular formula is C40H54ClN3O7S. The zero-order valence-electron chi connectivity index (χ0n) is 30.6. The number of anilines is 1. The van der Waals surface area contributed by atoms with Gasteiger partial charge in [0.15, 0.2) is 0 Å². The van der Waals surface area contributed by atoms with E-state index in [0.29, 0.717) is 42.8 Å². The van der Waals surface area contributed by atoms with Gasteiger partial charge in [-0.1, -0.05) is 36.7 Å². The fourth-order valence-electron chi connectivity index (χ4n) is 9.08. The Labute approximate surface area is 314 Å². The second kappa shape index (κ2) is 16.4. The molecule has 3 aliphatic heterocycles. The summed E-state index contributed by atoms with van der Waals surface area (Å²) < 4.78 is 54.5. The van der Waals surface area contributed by atoms with Gasteiger partial charge >= 0.3 is 0 Å². The first-order valence-corrected chi connectivity index (χ1v) is 21.0. The van der Waals surface area contributed by atoms with Crippen LogP contribution >= 0.6 is 11.6 Å². The highest BCUT2D eigenvalue weighted by molar-refractivity contribution is 7.90. The van der Waals surface area contributed by atoms with E-state index in [2.05, 4.69) is 38.8 Å². The van der Waals surface area contributed by atoms with Crippen molar-refractivity contribution in [1.82, 2.24) is 9.62 Å². The molecule has 0 radical (unpaired) electrons. The van der Waals surface area contributed by atoms with Crippen LogP contribution in [0.1, 0.15) is 66.9 Å². The number of morpholine rings is 1. The van der Waals surface area contributed by atoms with Crippen molar-refractivity contribution in [3.05, 3.63) is 70.3 Å². The van der Waals surface area contributed by atoms with Crippen molar-refractivity contribution >= 4 is 33.2 Å². The van der Waals surface area contributed by atoms with Crippen LogP contribution in [0.15, 0.2) is 48.6 Å². The SMILES string of the molecule is COCC[C@@H]1[C@@H](C)C/C=C\[C@H](OCCN2CCOCC2)[C@@H]2CC[C@H]2CN2C[C@@]3(CCCc4cc(Cl)ccc43)COc3ccc(cc32)C(=O)NS1(=O)=O. The number of carbonyl (C=O) groups excluding carboxylic acids is 1. The van der Waals surface area contributed by atoms with E-state index in [0.717, 1.165) is 88.8 Å². The van der Waals surface area contributed by atoms with E-state index in [9.17, 15) is 13.2 Å². The van der Waals surface area contributed by atoms with Crippen molar-refractivity contribution < 1.29 is 32.2 Å². The van der Waals surface area contributed by atoms with Crippen molar-refractivity contribution in [2.45, 2.75) is 68.6 Å². The van der Waals surface area contributed by atoms with Crippen LogP contribution in [0, 0.1) is 17.8 Å². The highest BCUT2D eigenvalue weighted by Gasteiger charge is 2.45. The van der Waals surface area contributed by atoms with Crippen LogP contribution in [-0.2, 0) is 36.1 Å². The van der Waals surface area contributed by atoms with E-state index < -0.39 is 21.2 Å². The Kier molecular flexibility index (Phi) is 11.8. The lowest BCUT2D eigenvalue weighted by Crippen LogP contribution is -2.50. The van der Waals surface area contributed by atoms with E-state index >= 15 is 0 Å². The fraction of sp³-hybridized carbons (Fsp3) is 0.625. The number of methoxy groups -OCH3 is 1. The summed E-state index contributed by atoms with van der Waals surface area (Å²) in [4.78, 5) is 18.6. The number of rotatable bonds is 7. The molecule has 6 atom stereocenters. The minimum Gasteiger partial charge on any atom is -0.490 e. The van der Waals surface area contributed by atoms with Crippen LogP contribution < -0.4 is 14.4 Å². The van der Waals surface area contributed by atoms with Crippen molar-refractivity contribution in [3.8, 4) is 5.75 Å². The smallest absolute Gasteiger partial charge is 0.264 e. The summed E-state index contributed by atoms with van der Waals surface area (Å²) in [6, 6.07) is 11.6. The normalized spacial score (nSPS) is 31.3. The van der Waals surface area contributed by atoms with Gasteiger partial charge in [-0.2, -0.15) is 0 Å². The molecule has 0 unspecified atom stereocenters. The largest absolute Gasteiger partial charge is 0.490 e. The predicted molar refractivity (Wildman–Crippen MR) is 203 cm³/mol. The quantitative estimate of drug-likeness (QED) is 0.361. The summed E-state index contributed by atoms with van der Waals surface area (Å²) in [5.41, 5.74) is 3.40. The molecule has 1 amide bonds. The minimum atomic E-state index is -4.04. The number of allylic oxidation sites excluding steroid dienone is 1. The Hall–Kier alpha value is -2.67. The molecular weight excluding hydrogens is 702 g/mol. The molecule has 1 saturated carbocycles. The lowest BCUT2D eigenvalue weighted by molar-refractivity contribution is -0.0315. The maximum absolute atomic E-state index is 13.9. The summed E-state index contributed by atoms with van der Waals surface area (Å²) in [5, 5.41) is -0.0698. The molecule has 284 valence electrons. The predicted octanol–water partition coefficient (Wildman–Crippen LogP) is 5.62. The number of fused-ring (bicyclic) bond motifs is 4. The van der Waals surface area contributed by atoms with Gasteiger partial charge in [-0.15, -0.1) is 0 Å². The zero-order chi connectivity index (χ0) is 36.3. The van der Waals surface area contributed by atoms with Gasteiger partial charge in [-0.3, -0.25) is 9.69 Å². The number of benzene rings is 2. The molecule has 1 spiro atoms. The number of aryl methyl sites for hydroxylation is 1. The lowest BCUT2D eigenvalue weighted by atomic mass is 9.68. The van der Waals surface area contributed by atoms with Crippen molar-refractivity contribution in [2.75, 3.05) is 77.8 Å². The van der Waals surface area contributed by atoms with Crippen molar-refractivity contribution in [3.63, 3.8) is 0 Å². The number of hydrogen-bond donors (Lipinski definition) is 1. The van der Waals surface area contributed by atoms with E-state index in [1.165, 1.54) is 11.1 Å². The standard InChI is InChI=1S/C40H54ClN3O7S/c1-28-5-3-7-36(50-22-18-43-16-20-49-21-17-43)33-11-8-31(33)25-44-26-40(15-4-6-29-23-32(41)10-12-34(29)40)27-51-37-13-9-30(24-35(37)44)39(45)42-52(46,47)38(28)14-19-48-2/h3,7,9-10,12-13,23-24,28,31,33,36,38H,4-6,8,11,14-22,25-27H2,1-2H3,(H,42,45)/b7-3-/t28-,31-,33+,36-,38+,40-/m0/s1. The number of amides is 1. The van der Waals surface area contributed by atoms with Crippen LogP contribution in [-0.4, -0.2) is 103 Å². The number of carbonyl (C=O) groups is 1. The summed E-state index contributed by atoms with van der Waals surface area (Å²) >= 11 is 6.48. The van der Waals surface area contributed by atoms with Gasteiger partial charge in [-0.05, 0) is 104 Å². The van der Waals surface area contributed by atoms with E-state index in [1.54, 1.807) is 13.2 Å². The first kappa shape index (κ1) is 37.6. The Balaban J connectivity index is 1.24. The molecule has 10 nitrogen and oxygen atoms in total. The molecule has 2 bridgehead atoms. The van der Waals surface area contributed by atoms with Gasteiger partial charge in [0.2, 0.25) is 10.0 Å². The van der Waals surface area contributed by atoms with E-state index in [1.807, 2.05) is 25.1 Å². The molecule has 2 aromatic carbocycles. The van der Waals surface area contributed by atoms with Crippen LogP contribution in [0.4, 0.5) is 5.69 Å². The molecule has 1 N–H and O–H groups in total. The lowest BCUT2D eigenvalue weighted by Gasteiger charge is -2.46. The molecule has 52 heavy (non-hydrogen) atoms. The Morgan fingerprint density at radius 2 is 1.94 bits per heavy atom. The summed E-state index contributed by atoms with van der Waals surface area (Å²) in [5.74, 6) is 0.499. The third kappa shape index (κ3) is 8.20. The van der Waals surface area contributed by atoms with Crippen LogP contribution in [0.5, 0.6) is 5.75 Å². The third-order valence-electron chi connectivity index (χ3n) is 12.2. The van der Waals surface area contributed by atoms with Crippen molar-refractivity contribution in [1.29, 1.82) is 0 Å². The van der Waals surface area contributed by atoms with Gasteiger partial charge in [-0.25, -0.2) is 13.1 Å². The van der Waals surface area contributed by atoms with E-state index in [-0.39, 0.29) is 30.5 Å². The maximum Gasteiger partial charge on any atom is 0.264 e. The fourth-order valence-corrected chi connectivity index (χ4v) is 10.9. The molecule has 7 rings (SSSR count). The average Bonchev–Trinajstić information content (AvgIpc) is 3.26. The monoisotopic (exact) mass is 755 g/mol. The second-order valence-electron chi connectivity index (χ2n) is 15.5. The Bertz CT molecular complexity index is 1720. The van der Waals surface area contributed by atoms with E-state index in [4.69, 9.17) is 30.5 Å². The van der Waals surface area contributed by atoms with Gasteiger partial charge in [0.1, 0.15) is 5.75 Å². The topological polar surface area (TPSA) is 107 Å². The minimum absolute atomic E-state index is 0.0887. The van der Waals surface area contributed by atoms with Crippen LogP contribution in [0.3, 0.4) is 0 Å². The number of ether oxygens (including phenoxy) is 4. The van der Waals surface area contributed by atoms with Crippen LogP contribution in [0.25, 0.3) is 0 Å². The molecule has 3 heterocycles. The summed E-state index contributed by atoms with van der Waals surface area (Å²) in [6.45, 7) is 9.01. The summed E-state index contributed by atoms with van der Waals surface area (Å²) in [6.07, 6.45) is 10.1. The van der Waals surface area contributed by atoms with Gasteiger partial charge in [0.25, 0.3) is 5.91 Å². The zero-order valence-corrected chi connectivity index (χ0v) is 32.1. The molecule has 5 aliphatic rings. The molecule has 12 heteroatoms. The third-order valence-corrected chi connectivity index (χ3v) is 14.4. The highest BCUT2D eigenvalue weighted by atomic mass is 35.5. The number of nitrogens with one attached hydrogen (secondary N) is 1. The molecule has 1 saturated heterocycles. The Morgan fingerprint density at radius 1 is 1.10 bits per heavy atom. The molecule has 2 aliphatic carbocycles. The molecule has 2 aromatic rings. The Morgan fingerprint density at radius 3 is 2.73 bits per heavy atom. The molecule has 2 fully saturated rings. The number of nitrogens with zero attached hydrogens (tertiary/aromatic N) is 2. The van der Waals surface area contributed by atoms with Gasteiger partial charge < -0.3 is 23.8 Å². The first-order valence-electron chi connectivity index (χ1n) is 19.1. The average molecular weight is 756 g/mol. The van der Waals surface area contributed by atoms with Crippen LogP contribution in [0.2, 0.25) is 5.02 Å². The van der Waals surface area contributed by atoms with Gasteiger partial charge in [0, 0.05) is 62.4 Å². The summed E-state index contributed by atoms with van der Waals surface area (Å²) in [7, 11) is -2.47. The maximum atomic E-state index is 13.9. The number of sulfonamides is 1. The van der Waals surface area contributed by atoms with Crippen molar-refractivity contribution in [2.24, 2.45) is 17.8 Å². The first-order chi connectivity index (χ1) is 25.2. The van der Waals surface area contributed by atoms with Gasteiger partial charge in [0.05, 0.1) is 43.5 Å². The highest BCUT2D eigenvalue weighted by Crippen LogP contribution is 2.47. The number of hydrogen-bond acceptors (Lipinski definition) is 9. The number of halogens is 1. The second-order valence-corrected chi connectivity index (χ2v) is 17.9. The molecule has 0 aromatic heterocycles.